The third kappa shape index (κ3) is 5.17. The number of anilines is 1. The zero-order chi connectivity index (χ0) is 19.4. The predicted octanol–water partition coefficient (Wildman–Crippen LogP) is 4.96. The average Bonchev–Trinajstić information content (AvgIpc) is 2.68. The second kappa shape index (κ2) is 8.53. The molecule has 0 spiro atoms. The predicted molar refractivity (Wildman–Crippen MR) is 101 cm³/mol. The SMILES string of the molecule is CN(CC1CCCCC1)C(=O)C1CCN(c2ccc(C(F)(F)F)cc2)CC1. The Bertz CT molecular complexity index is 615. The minimum Gasteiger partial charge on any atom is -0.371 e. The van der Waals surface area contributed by atoms with Crippen LogP contribution in [0.2, 0.25) is 0 Å². The molecule has 2 fully saturated rings. The number of benzene rings is 1. The lowest BCUT2D eigenvalue weighted by Crippen LogP contribution is -2.42. The third-order valence-corrected chi connectivity index (χ3v) is 6.04. The fourth-order valence-corrected chi connectivity index (χ4v) is 4.40. The van der Waals surface area contributed by atoms with Gasteiger partial charge in [0.25, 0.3) is 0 Å². The zero-order valence-electron chi connectivity index (χ0n) is 16.0. The summed E-state index contributed by atoms with van der Waals surface area (Å²) in [6.45, 7) is 2.27. The maximum Gasteiger partial charge on any atom is 0.416 e. The van der Waals surface area contributed by atoms with Crippen LogP contribution in [0.25, 0.3) is 0 Å². The highest BCUT2D eigenvalue weighted by atomic mass is 19.4. The van der Waals surface area contributed by atoms with Gasteiger partial charge in [-0.05, 0) is 55.9 Å². The Labute approximate surface area is 159 Å². The molecule has 150 valence electrons. The number of rotatable bonds is 4. The van der Waals surface area contributed by atoms with Gasteiger partial charge in [-0.2, -0.15) is 13.2 Å². The van der Waals surface area contributed by atoms with Crippen LogP contribution in [0, 0.1) is 11.8 Å². The van der Waals surface area contributed by atoms with E-state index in [-0.39, 0.29) is 11.8 Å². The summed E-state index contributed by atoms with van der Waals surface area (Å²) in [5.41, 5.74) is 0.171. The fourth-order valence-electron chi connectivity index (χ4n) is 4.40. The summed E-state index contributed by atoms with van der Waals surface area (Å²) in [5, 5.41) is 0. The first kappa shape index (κ1) is 20.0. The van der Waals surface area contributed by atoms with Crippen molar-refractivity contribution in [2.75, 3.05) is 31.6 Å². The molecule has 3 rings (SSSR count). The topological polar surface area (TPSA) is 23.6 Å². The highest BCUT2D eigenvalue weighted by Crippen LogP contribution is 2.32. The van der Waals surface area contributed by atoms with E-state index in [1.54, 1.807) is 0 Å². The van der Waals surface area contributed by atoms with Crippen molar-refractivity contribution >= 4 is 11.6 Å². The Morgan fingerprint density at radius 3 is 2.19 bits per heavy atom. The van der Waals surface area contributed by atoms with Crippen molar-refractivity contribution < 1.29 is 18.0 Å². The molecule has 1 aliphatic carbocycles. The van der Waals surface area contributed by atoms with Crippen molar-refractivity contribution in [1.29, 1.82) is 0 Å². The van der Waals surface area contributed by atoms with E-state index >= 15 is 0 Å². The summed E-state index contributed by atoms with van der Waals surface area (Å²) in [6.07, 6.45) is 3.53. The highest BCUT2D eigenvalue weighted by molar-refractivity contribution is 5.79. The molecule has 1 aromatic carbocycles. The van der Waals surface area contributed by atoms with Gasteiger partial charge in [0.1, 0.15) is 0 Å². The van der Waals surface area contributed by atoms with Crippen LogP contribution < -0.4 is 4.90 Å². The summed E-state index contributed by atoms with van der Waals surface area (Å²) >= 11 is 0. The van der Waals surface area contributed by atoms with E-state index in [4.69, 9.17) is 0 Å². The van der Waals surface area contributed by atoms with Crippen LogP contribution in [0.3, 0.4) is 0 Å². The van der Waals surface area contributed by atoms with Gasteiger partial charge in [-0.1, -0.05) is 19.3 Å². The highest BCUT2D eigenvalue weighted by Gasteiger charge is 2.31. The lowest BCUT2D eigenvalue weighted by atomic mass is 9.88. The van der Waals surface area contributed by atoms with Crippen LogP contribution in [-0.4, -0.2) is 37.5 Å². The van der Waals surface area contributed by atoms with Crippen LogP contribution in [-0.2, 0) is 11.0 Å². The molecule has 1 heterocycles. The van der Waals surface area contributed by atoms with Crippen LogP contribution in [0.4, 0.5) is 18.9 Å². The number of carbonyl (C=O) groups excluding carboxylic acids is 1. The van der Waals surface area contributed by atoms with Crippen LogP contribution >= 0.6 is 0 Å². The molecule has 1 saturated heterocycles. The number of piperidine rings is 1. The first-order valence-corrected chi connectivity index (χ1v) is 10.0. The Balaban J connectivity index is 1.49. The van der Waals surface area contributed by atoms with E-state index in [1.165, 1.54) is 44.2 Å². The number of nitrogens with zero attached hydrogens (tertiary/aromatic N) is 2. The number of amides is 1. The number of hydrogen-bond acceptors (Lipinski definition) is 2. The number of alkyl halides is 3. The smallest absolute Gasteiger partial charge is 0.371 e. The molecule has 0 atom stereocenters. The van der Waals surface area contributed by atoms with Crippen molar-refractivity contribution in [3.05, 3.63) is 29.8 Å². The molecule has 6 heteroatoms. The van der Waals surface area contributed by atoms with Gasteiger partial charge >= 0.3 is 6.18 Å². The normalized spacial score (nSPS) is 19.9. The van der Waals surface area contributed by atoms with Crippen molar-refractivity contribution in [3.63, 3.8) is 0 Å². The van der Waals surface area contributed by atoms with Gasteiger partial charge in [-0.3, -0.25) is 4.79 Å². The van der Waals surface area contributed by atoms with E-state index in [1.807, 2.05) is 11.9 Å². The average molecular weight is 382 g/mol. The van der Waals surface area contributed by atoms with Gasteiger partial charge in [0.05, 0.1) is 5.56 Å². The molecule has 3 nitrogen and oxygen atoms in total. The molecule has 27 heavy (non-hydrogen) atoms. The summed E-state index contributed by atoms with van der Waals surface area (Å²) in [6, 6.07) is 5.31. The lowest BCUT2D eigenvalue weighted by molar-refractivity contribution is -0.137. The maximum atomic E-state index is 12.8. The molecular formula is C21H29F3N2O. The molecule has 0 unspecified atom stereocenters. The van der Waals surface area contributed by atoms with E-state index < -0.39 is 11.7 Å². The quantitative estimate of drug-likeness (QED) is 0.735. The summed E-state index contributed by atoms with van der Waals surface area (Å²) < 4.78 is 38.1. The van der Waals surface area contributed by atoms with Gasteiger partial charge in [0.15, 0.2) is 0 Å². The summed E-state index contributed by atoms with van der Waals surface area (Å²) in [4.78, 5) is 16.7. The Morgan fingerprint density at radius 1 is 1.04 bits per heavy atom. The Hall–Kier alpha value is -1.72. The Morgan fingerprint density at radius 2 is 1.63 bits per heavy atom. The molecule has 1 aromatic rings. The molecule has 0 bridgehead atoms. The summed E-state index contributed by atoms with van der Waals surface area (Å²) in [7, 11) is 1.92. The van der Waals surface area contributed by atoms with Gasteiger partial charge in [0, 0.05) is 38.3 Å². The molecule has 1 aliphatic heterocycles. The standard InChI is InChI=1S/C21H29F3N2O/c1-25(15-16-5-3-2-4-6-16)20(27)17-11-13-26(14-12-17)19-9-7-18(8-10-19)21(22,23)24/h7-10,16-17H,2-6,11-15H2,1H3. The van der Waals surface area contributed by atoms with E-state index in [9.17, 15) is 18.0 Å². The van der Waals surface area contributed by atoms with Crippen LogP contribution in [0.5, 0.6) is 0 Å². The van der Waals surface area contributed by atoms with E-state index in [0.717, 1.165) is 37.2 Å². The van der Waals surface area contributed by atoms with Crippen molar-refractivity contribution in [3.8, 4) is 0 Å². The van der Waals surface area contributed by atoms with Gasteiger partial charge in [0.2, 0.25) is 5.91 Å². The van der Waals surface area contributed by atoms with E-state index in [2.05, 4.69) is 4.90 Å². The van der Waals surface area contributed by atoms with Crippen molar-refractivity contribution in [2.45, 2.75) is 51.1 Å². The second-order valence-corrected chi connectivity index (χ2v) is 8.03. The van der Waals surface area contributed by atoms with Crippen LogP contribution in [0.15, 0.2) is 24.3 Å². The minimum absolute atomic E-state index is 0.0317. The van der Waals surface area contributed by atoms with Crippen molar-refractivity contribution in [2.24, 2.45) is 11.8 Å². The summed E-state index contributed by atoms with van der Waals surface area (Å²) in [5.74, 6) is 0.900. The first-order valence-electron chi connectivity index (χ1n) is 10.0. The minimum atomic E-state index is -4.30. The van der Waals surface area contributed by atoms with Gasteiger partial charge in [-0.15, -0.1) is 0 Å². The molecular weight excluding hydrogens is 353 g/mol. The number of halogens is 3. The number of hydrogen-bond donors (Lipinski definition) is 0. The van der Waals surface area contributed by atoms with Gasteiger partial charge in [-0.25, -0.2) is 0 Å². The Kier molecular flexibility index (Phi) is 6.33. The number of carbonyl (C=O) groups is 1. The van der Waals surface area contributed by atoms with E-state index in [0.29, 0.717) is 19.0 Å². The largest absolute Gasteiger partial charge is 0.416 e. The molecule has 1 amide bonds. The molecule has 0 radical (unpaired) electrons. The molecule has 2 aliphatic rings. The van der Waals surface area contributed by atoms with Crippen LogP contribution in [0.1, 0.15) is 50.5 Å². The lowest BCUT2D eigenvalue weighted by Gasteiger charge is -2.35. The maximum absolute atomic E-state index is 12.8. The second-order valence-electron chi connectivity index (χ2n) is 8.03. The zero-order valence-corrected chi connectivity index (χ0v) is 16.0. The molecule has 0 N–H and O–H groups in total. The molecule has 1 saturated carbocycles. The first-order chi connectivity index (χ1) is 12.8. The third-order valence-electron chi connectivity index (χ3n) is 6.04. The monoisotopic (exact) mass is 382 g/mol. The molecule has 0 aromatic heterocycles. The fraction of sp³-hybridized carbons (Fsp3) is 0.667. The van der Waals surface area contributed by atoms with Crippen molar-refractivity contribution in [1.82, 2.24) is 4.90 Å². The van der Waals surface area contributed by atoms with Gasteiger partial charge < -0.3 is 9.80 Å².